The summed E-state index contributed by atoms with van der Waals surface area (Å²) in [6, 6.07) is 69.2. The molecule has 11 aromatic rings. The van der Waals surface area contributed by atoms with Gasteiger partial charge in [0.25, 0.3) is 10.1 Å². The molecule has 9 aliphatic heterocycles. The molecule has 0 unspecified atom stereocenters. The Labute approximate surface area is 784 Å². The summed E-state index contributed by atoms with van der Waals surface area (Å²) in [6.45, 7) is 1.19. The van der Waals surface area contributed by atoms with Gasteiger partial charge in [-0.1, -0.05) is 97.1 Å². The molecule has 702 valence electrons. The van der Waals surface area contributed by atoms with E-state index in [4.69, 9.17) is 77.1 Å². The van der Waals surface area contributed by atoms with Crippen LogP contribution >= 0.6 is 0 Å². The summed E-state index contributed by atoms with van der Waals surface area (Å²) in [4.78, 5) is 21.3. The molecule has 0 saturated carbocycles. The molecule has 0 spiro atoms. The maximum atomic E-state index is 13.5. The van der Waals surface area contributed by atoms with Gasteiger partial charge in [0.1, 0.15) is 68.8 Å². The second-order valence-corrected chi connectivity index (χ2v) is 35.5. The number of piperidine rings is 5. The number of likely N-dealkylation sites (tertiary alicyclic amines) is 4. The SMILES string of the molecule is CN1CC[C@@H](c2ccc(F)cc2)[C@H](CO)C1.CN1CC[C@@H](c2ccc(F)cc2)[C@H](COS(=O)(=O)c2ccccc2)C1.[2H]C1([2H])Oc2ccc(O)cc2O1.[2H]C1([2H])Oc2ccc(OC[C@@H]3CN(C(=O)Oc4ccccc4)CC[C@H]3c3ccc(F)cc3)cc2O1.[2H]C1([2H])Oc2ccc(OC[C@@H]3CN(C)CC[C@H]3c3ccc(F)cc3)cc2O1.[2H]C1([2H])Oc2ccc(OC[C@@H]3CNCC[C@H]3c3ccc(F)cc3)cc2O1. The first-order valence-electron chi connectivity index (χ1n) is 48.3. The number of aliphatic hydroxyl groups excluding tert-OH is 1. The van der Waals surface area contributed by atoms with Crippen LogP contribution in [0.4, 0.5) is 26.7 Å². The van der Waals surface area contributed by atoms with E-state index in [-0.39, 0.29) is 112 Å². The number of carbonyl (C=O) groups is 1. The number of aliphatic hydroxyl groups is 1. The van der Waals surface area contributed by atoms with E-state index in [9.17, 15) is 40.3 Å². The standard InChI is InChI=1S/C26H24FNO5.C20H22FNO3.C19H22FNO3S.C19H20FNO3.C13H18FNO.C7H6O3/c27-20-8-6-18(7-9-20)23-12-13-28(26(29)33-21-4-2-1-3-5-21)15-19(23)16-30-22-10-11-24-25(14-22)32-17-31-24;1-22-9-8-18(14-2-4-16(21)5-3-14)15(11-22)12-23-17-6-7-19-20(10-17)25-13-24-19;1-21-12-11-19(15-7-9-17(20)10-8-15)16(13-21)14-24-25(22,23)18-5-3-2-4-6-18;20-15-3-1-13(2-4-15)17-7-8-21-10-14(17)11-22-16-5-6-18-19(9-16)24-12-23-18;1-15-7-6-13(11(8-15)9-16)10-2-4-12(14)5-3-10;8-5-1-2-6-7(3-5)10-4-9-6/h1-11,14,19,23H,12-13,15-17H2;2-7,10,15,18H,8-9,11-13H2,1H3;2-10,16,19H,11-14H2,1H3;1-6,9,14,17,21H,7-8,10-12H2;2-5,11,13,16H,6-9H2,1H3;1-3,8H,4H2/t19-,23-;15-,18-;16-,19-;14-,17-;11-,13-;/m00000./s1/i17D2;13D2;;12D2;;4D2. The molecule has 1 amide bonds. The number of halogens is 5. The zero-order valence-corrected chi connectivity index (χ0v) is 74.5. The topological polar surface area (TPSA) is 237 Å². The summed E-state index contributed by atoms with van der Waals surface area (Å²) in [6.07, 6.45) is 4.14. The van der Waals surface area contributed by atoms with Crippen LogP contribution in [0.25, 0.3) is 0 Å². The molecule has 0 bridgehead atoms. The molecule has 10 atom stereocenters. The van der Waals surface area contributed by atoms with Gasteiger partial charge in [-0.2, -0.15) is 8.42 Å². The van der Waals surface area contributed by atoms with Gasteiger partial charge in [0, 0.05) is 99.7 Å². The Hall–Kier alpha value is -12.4. The molecule has 5 fully saturated rings. The monoisotopic (exact) mass is 1850 g/mol. The van der Waals surface area contributed by atoms with Crippen molar-refractivity contribution in [3.8, 4) is 74.7 Å². The average Bonchev–Trinajstić information content (AvgIpc) is 1.43. The highest BCUT2D eigenvalue weighted by Crippen LogP contribution is 2.44. The van der Waals surface area contributed by atoms with Gasteiger partial charge in [-0.3, -0.25) is 4.18 Å². The smallest absolute Gasteiger partial charge is 0.415 e. The Morgan fingerprint density at radius 2 is 0.714 bits per heavy atom. The quantitative estimate of drug-likeness (QED) is 0.0475. The first-order valence-corrected chi connectivity index (χ1v) is 45.7. The van der Waals surface area contributed by atoms with Crippen molar-refractivity contribution in [3.05, 3.63) is 312 Å². The van der Waals surface area contributed by atoms with Crippen molar-refractivity contribution in [2.45, 2.75) is 66.6 Å². The molecular weight excluding hydrogens is 1730 g/mol. The number of amides is 1. The lowest BCUT2D eigenvalue weighted by Gasteiger charge is -2.38. The van der Waals surface area contributed by atoms with E-state index < -0.39 is 43.2 Å². The third kappa shape index (κ3) is 26.6. The minimum absolute atomic E-state index is 0.0232. The van der Waals surface area contributed by atoms with Crippen molar-refractivity contribution in [3.63, 3.8) is 0 Å². The van der Waals surface area contributed by atoms with Gasteiger partial charge in [-0.15, -0.1) is 0 Å². The Morgan fingerprint density at radius 1 is 0.383 bits per heavy atom. The Kier molecular flexibility index (Phi) is 29.6. The number of hydrogen-bond donors (Lipinski definition) is 3. The highest BCUT2D eigenvalue weighted by molar-refractivity contribution is 7.86. The van der Waals surface area contributed by atoms with Crippen LogP contribution in [0, 0.1) is 58.7 Å². The molecule has 133 heavy (non-hydrogen) atoms. The van der Waals surface area contributed by atoms with Gasteiger partial charge >= 0.3 is 6.09 Å². The molecule has 9 aliphatic rings. The van der Waals surface area contributed by atoms with Crippen LogP contribution in [0.5, 0.6) is 74.7 Å². The molecule has 0 aromatic heterocycles. The Bertz CT molecular complexity index is 6080. The van der Waals surface area contributed by atoms with E-state index in [1.54, 1.807) is 126 Å². The molecule has 11 aromatic carbocycles. The summed E-state index contributed by atoms with van der Waals surface area (Å²) in [5.41, 5.74) is 5.42. The number of ether oxygens (including phenoxy) is 12. The molecule has 20 rings (SSSR count). The predicted octanol–water partition coefficient (Wildman–Crippen LogP) is 18.5. The van der Waals surface area contributed by atoms with E-state index >= 15 is 0 Å². The van der Waals surface area contributed by atoms with Crippen LogP contribution in [0.3, 0.4) is 0 Å². The number of nitrogens with zero attached hydrogens (tertiary/aromatic N) is 4. The number of hydrogen-bond acceptors (Lipinski definition) is 22. The number of carbonyl (C=O) groups excluding carboxylic acids is 1. The first-order chi connectivity index (χ1) is 67.5. The second-order valence-electron chi connectivity index (χ2n) is 33.9. The van der Waals surface area contributed by atoms with Crippen molar-refractivity contribution in [1.82, 2.24) is 24.9 Å². The molecule has 23 nitrogen and oxygen atoms in total. The second kappa shape index (κ2) is 46.3. The van der Waals surface area contributed by atoms with Crippen molar-refractivity contribution in [1.29, 1.82) is 0 Å². The summed E-state index contributed by atoms with van der Waals surface area (Å²) in [5, 5.41) is 21.8. The third-order valence-electron chi connectivity index (χ3n) is 24.8. The highest BCUT2D eigenvalue weighted by Gasteiger charge is 2.37. The normalized spacial score (nSPS) is 23.9. The lowest BCUT2D eigenvalue weighted by atomic mass is 9.81. The summed E-state index contributed by atoms with van der Waals surface area (Å²) in [7, 11) is 2.41. The fourth-order valence-electron chi connectivity index (χ4n) is 17.8. The van der Waals surface area contributed by atoms with Gasteiger partial charge in [0.15, 0.2) is 46.0 Å². The zero-order chi connectivity index (χ0) is 99.8. The summed E-state index contributed by atoms with van der Waals surface area (Å²) >= 11 is 0. The van der Waals surface area contributed by atoms with Crippen molar-refractivity contribution < 1.29 is 117 Å². The van der Waals surface area contributed by atoms with Gasteiger partial charge in [0.05, 0.1) is 31.3 Å². The average molecular weight is 1860 g/mol. The first kappa shape index (κ1) is 84.9. The van der Waals surface area contributed by atoms with Crippen molar-refractivity contribution in [2.75, 3.05) is 147 Å². The molecule has 3 N–H and O–H groups in total. The minimum atomic E-state index is -3.77. The van der Waals surface area contributed by atoms with Gasteiger partial charge < -0.3 is 92.0 Å². The molecular formula is C104H112F5N5O18S. The van der Waals surface area contributed by atoms with E-state index in [0.29, 0.717) is 108 Å². The number of fused-ring (bicyclic) bond motifs is 4. The highest BCUT2D eigenvalue weighted by atomic mass is 32.2. The van der Waals surface area contributed by atoms with Gasteiger partial charge in [-0.25, -0.2) is 26.7 Å². The Balaban J connectivity index is 0.000000131. The fourth-order valence-corrected chi connectivity index (χ4v) is 18.8. The van der Waals surface area contributed by atoms with E-state index in [1.807, 2.05) is 49.5 Å². The van der Waals surface area contributed by atoms with Gasteiger partial charge in [0.2, 0.25) is 27.0 Å². The van der Waals surface area contributed by atoms with Crippen LogP contribution in [-0.4, -0.2) is 191 Å². The molecule has 9 heterocycles. The zero-order valence-electron chi connectivity index (χ0n) is 81.7. The summed E-state index contributed by atoms with van der Waals surface area (Å²) < 4.78 is 219. The predicted molar refractivity (Wildman–Crippen MR) is 491 cm³/mol. The largest absolute Gasteiger partial charge is 0.508 e. The molecule has 0 radical (unpaired) electrons. The van der Waals surface area contributed by atoms with Crippen LogP contribution in [0.2, 0.25) is 0 Å². The van der Waals surface area contributed by atoms with Crippen LogP contribution in [0.15, 0.2) is 260 Å². The number of nitrogens with one attached hydrogen (secondary N) is 1. The van der Waals surface area contributed by atoms with Crippen molar-refractivity contribution >= 4 is 16.2 Å². The maximum Gasteiger partial charge on any atom is 0.415 e. The van der Waals surface area contributed by atoms with Crippen molar-refractivity contribution in [2.24, 2.45) is 29.6 Å². The lowest BCUT2D eigenvalue weighted by molar-refractivity contribution is 0.0981. The number of para-hydroxylation sites is 1. The number of benzene rings is 11. The lowest BCUT2D eigenvalue weighted by Crippen LogP contribution is -2.46. The summed E-state index contributed by atoms with van der Waals surface area (Å²) in [5.74, 6) is 5.43. The van der Waals surface area contributed by atoms with E-state index in [1.165, 1.54) is 91.0 Å². The number of aromatic hydroxyl groups is 1. The van der Waals surface area contributed by atoms with Crippen LogP contribution in [-0.2, 0) is 14.3 Å². The molecule has 0 aliphatic carbocycles. The number of phenolic OH excluding ortho intramolecular Hbond substituents is 1. The van der Waals surface area contributed by atoms with E-state index in [2.05, 4.69) is 34.1 Å². The third-order valence-corrected chi connectivity index (χ3v) is 26.1. The van der Waals surface area contributed by atoms with Gasteiger partial charge in [-0.05, 0) is 270 Å². The fraction of sp³-hybridized carbons (Fsp3) is 0.356. The van der Waals surface area contributed by atoms with E-state index in [0.717, 1.165) is 106 Å². The molecule has 5 saturated heterocycles. The minimum Gasteiger partial charge on any atom is -0.508 e. The number of rotatable bonds is 20. The molecule has 29 heteroatoms. The van der Waals surface area contributed by atoms with Crippen LogP contribution < -0.4 is 62.2 Å². The van der Waals surface area contributed by atoms with Crippen LogP contribution in [0.1, 0.15) is 100 Å². The maximum absolute atomic E-state index is 13.5. The number of phenols is 1. The Morgan fingerprint density at radius 3 is 1.12 bits per heavy atom.